The molecule has 0 aromatic carbocycles. The summed E-state index contributed by atoms with van der Waals surface area (Å²) in [4.78, 5) is 2.11. The first-order chi connectivity index (χ1) is 6.15. The summed E-state index contributed by atoms with van der Waals surface area (Å²) in [6, 6.07) is 2.18. The van der Waals surface area contributed by atoms with Crippen LogP contribution < -0.4 is 0 Å². The van der Waals surface area contributed by atoms with E-state index in [0.29, 0.717) is 5.75 Å². The molecule has 0 bridgehead atoms. The third kappa shape index (κ3) is 2.78. The quantitative estimate of drug-likeness (QED) is 0.627. The van der Waals surface area contributed by atoms with E-state index < -0.39 is 10.8 Å². The fourth-order valence-corrected chi connectivity index (χ4v) is 2.65. The topological polar surface area (TPSA) is 44.1 Å². The van der Waals surface area contributed by atoms with Crippen molar-refractivity contribution in [2.75, 3.05) is 18.8 Å². The lowest BCUT2D eigenvalue weighted by molar-refractivity contribution is 0.262. The summed E-state index contributed by atoms with van der Waals surface area (Å²) in [5, 5.41) is 9.03. The van der Waals surface area contributed by atoms with Crippen molar-refractivity contribution >= 4 is 10.8 Å². The highest BCUT2D eigenvalue weighted by atomic mass is 32.2. The van der Waals surface area contributed by atoms with Crippen molar-refractivity contribution < 1.29 is 4.21 Å². The van der Waals surface area contributed by atoms with Crippen LogP contribution in [-0.2, 0) is 10.8 Å². The van der Waals surface area contributed by atoms with Gasteiger partial charge in [0, 0.05) is 34.9 Å². The van der Waals surface area contributed by atoms with Crippen molar-refractivity contribution in [3.63, 3.8) is 0 Å². The average molecular weight is 200 g/mol. The third-order valence-electron chi connectivity index (χ3n) is 2.59. The van der Waals surface area contributed by atoms with Gasteiger partial charge >= 0.3 is 0 Å². The molecule has 0 spiro atoms. The minimum Gasteiger partial charge on any atom is -0.287 e. The lowest BCUT2D eigenvalue weighted by Crippen LogP contribution is -2.34. The van der Waals surface area contributed by atoms with Gasteiger partial charge in [-0.15, -0.1) is 0 Å². The van der Waals surface area contributed by atoms with E-state index in [1.54, 1.807) is 0 Å². The molecule has 0 saturated carbocycles. The molecule has 0 aromatic rings. The van der Waals surface area contributed by atoms with Gasteiger partial charge in [0.1, 0.15) is 0 Å². The van der Waals surface area contributed by atoms with E-state index >= 15 is 0 Å². The second-order valence-corrected chi connectivity index (χ2v) is 5.50. The zero-order valence-electron chi connectivity index (χ0n) is 8.19. The van der Waals surface area contributed by atoms with E-state index in [-0.39, 0.29) is 11.3 Å². The molecule has 3 atom stereocenters. The van der Waals surface area contributed by atoms with Crippen molar-refractivity contribution in [1.29, 1.82) is 5.26 Å². The van der Waals surface area contributed by atoms with Crippen LogP contribution >= 0.6 is 0 Å². The maximum atomic E-state index is 11.5. The molecule has 13 heavy (non-hydrogen) atoms. The molecule has 1 saturated heterocycles. The molecule has 1 aliphatic heterocycles. The van der Waals surface area contributed by atoms with Crippen molar-refractivity contribution in [3.8, 4) is 6.07 Å². The summed E-state index contributed by atoms with van der Waals surface area (Å²) in [5.74, 6) is 0.715. The molecule has 4 heteroatoms. The van der Waals surface area contributed by atoms with Crippen LogP contribution in [-0.4, -0.2) is 39.2 Å². The smallest absolute Gasteiger partial charge is 0.0949 e. The Bertz CT molecular complexity index is 236. The Morgan fingerprint density at radius 1 is 1.62 bits per heavy atom. The van der Waals surface area contributed by atoms with Gasteiger partial charge in [0.2, 0.25) is 0 Å². The Labute approximate surface area is 82.2 Å². The number of nitriles is 1. The van der Waals surface area contributed by atoms with Crippen LogP contribution in [0.15, 0.2) is 0 Å². The monoisotopic (exact) mass is 200 g/mol. The number of nitrogens with zero attached hydrogens (tertiary/aromatic N) is 2. The summed E-state index contributed by atoms with van der Waals surface area (Å²) < 4.78 is 11.5. The molecule has 1 rings (SSSR count). The van der Waals surface area contributed by atoms with Gasteiger partial charge in [-0.2, -0.15) is 5.26 Å². The van der Waals surface area contributed by atoms with Crippen LogP contribution in [0.1, 0.15) is 20.3 Å². The molecule has 0 aliphatic carbocycles. The maximum Gasteiger partial charge on any atom is 0.0949 e. The summed E-state index contributed by atoms with van der Waals surface area (Å²) >= 11 is 0. The molecule has 3 unspecified atom stereocenters. The first kappa shape index (κ1) is 10.7. The largest absolute Gasteiger partial charge is 0.287 e. The van der Waals surface area contributed by atoms with Crippen LogP contribution in [0.5, 0.6) is 0 Å². The zero-order valence-corrected chi connectivity index (χ0v) is 9.01. The lowest BCUT2D eigenvalue weighted by atomic mass is 10.2. The maximum absolute atomic E-state index is 11.5. The summed E-state index contributed by atoms with van der Waals surface area (Å²) in [7, 11) is -0.693. The van der Waals surface area contributed by atoms with E-state index in [4.69, 9.17) is 5.26 Å². The first-order valence-corrected chi connectivity index (χ1v) is 6.04. The predicted molar refractivity (Wildman–Crippen MR) is 53.7 cm³/mol. The highest BCUT2D eigenvalue weighted by molar-refractivity contribution is 7.85. The summed E-state index contributed by atoms with van der Waals surface area (Å²) in [5.41, 5.74) is 0. The van der Waals surface area contributed by atoms with Gasteiger partial charge in [0.25, 0.3) is 0 Å². The first-order valence-electron chi connectivity index (χ1n) is 4.66. The average Bonchev–Trinajstić information content (AvgIpc) is 2.30. The molecule has 1 aliphatic rings. The molecule has 0 aromatic heterocycles. The number of hydrogen-bond donors (Lipinski definition) is 0. The molecule has 0 amide bonds. The van der Waals surface area contributed by atoms with Gasteiger partial charge in [0.15, 0.2) is 0 Å². The highest BCUT2D eigenvalue weighted by Gasteiger charge is 2.21. The van der Waals surface area contributed by atoms with Gasteiger partial charge in [-0.3, -0.25) is 9.11 Å². The minimum atomic E-state index is -0.693. The summed E-state index contributed by atoms with van der Waals surface area (Å²) in [6.45, 7) is 5.63. The van der Waals surface area contributed by atoms with Crippen LogP contribution in [0.4, 0.5) is 0 Å². The van der Waals surface area contributed by atoms with Gasteiger partial charge in [0.05, 0.1) is 12.1 Å². The number of hydrogen-bond acceptors (Lipinski definition) is 3. The van der Waals surface area contributed by atoms with Crippen molar-refractivity contribution in [3.05, 3.63) is 0 Å². The van der Waals surface area contributed by atoms with Crippen LogP contribution in [0, 0.1) is 11.3 Å². The molecule has 74 valence electrons. The Morgan fingerprint density at radius 3 is 2.92 bits per heavy atom. The lowest BCUT2D eigenvalue weighted by Gasteiger charge is -2.21. The number of rotatable bonds is 1. The van der Waals surface area contributed by atoms with Crippen molar-refractivity contribution in [2.24, 2.45) is 0 Å². The van der Waals surface area contributed by atoms with E-state index in [0.717, 1.165) is 19.5 Å². The van der Waals surface area contributed by atoms with E-state index in [1.165, 1.54) is 0 Å². The Kier molecular flexibility index (Phi) is 3.89. The van der Waals surface area contributed by atoms with Crippen LogP contribution in [0.25, 0.3) is 0 Å². The van der Waals surface area contributed by atoms with Crippen molar-refractivity contribution in [2.45, 2.75) is 31.6 Å². The third-order valence-corrected chi connectivity index (χ3v) is 4.30. The van der Waals surface area contributed by atoms with Gasteiger partial charge in [-0.05, 0) is 13.3 Å². The SMILES string of the molecule is CC(C#N)N1CCC(C)S(=O)CC1. The highest BCUT2D eigenvalue weighted by Crippen LogP contribution is 2.11. The van der Waals surface area contributed by atoms with Crippen LogP contribution in [0.2, 0.25) is 0 Å². The summed E-state index contributed by atoms with van der Waals surface area (Å²) in [6.07, 6.45) is 0.943. The molecular formula is C9H16N2OS. The fraction of sp³-hybridized carbons (Fsp3) is 0.889. The Hall–Kier alpha value is -0.400. The van der Waals surface area contributed by atoms with Crippen LogP contribution in [0.3, 0.4) is 0 Å². The van der Waals surface area contributed by atoms with Gasteiger partial charge in [-0.1, -0.05) is 6.92 Å². The minimum absolute atomic E-state index is 0.0395. The van der Waals surface area contributed by atoms with E-state index in [9.17, 15) is 4.21 Å². The molecular weight excluding hydrogens is 184 g/mol. The van der Waals surface area contributed by atoms with E-state index in [1.807, 2.05) is 13.8 Å². The molecule has 1 heterocycles. The second-order valence-electron chi connectivity index (χ2n) is 3.53. The molecule has 0 radical (unpaired) electrons. The predicted octanol–water partition coefficient (Wildman–Crippen LogP) is 0.741. The Morgan fingerprint density at radius 2 is 2.31 bits per heavy atom. The zero-order chi connectivity index (χ0) is 9.84. The van der Waals surface area contributed by atoms with Gasteiger partial charge in [-0.25, -0.2) is 0 Å². The molecule has 1 fully saturated rings. The second kappa shape index (κ2) is 4.73. The normalized spacial score (nSPS) is 33.3. The molecule has 0 N–H and O–H groups in total. The standard InChI is InChI=1S/C9H16N2OS/c1-8(7-10)11-4-3-9(2)13(12)6-5-11/h8-9H,3-6H2,1-2H3. The van der Waals surface area contributed by atoms with Gasteiger partial charge < -0.3 is 0 Å². The van der Waals surface area contributed by atoms with E-state index in [2.05, 4.69) is 11.0 Å². The Balaban J connectivity index is 2.55. The fourth-order valence-electron chi connectivity index (χ4n) is 1.47. The van der Waals surface area contributed by atoms with Crippen molar-refractivity contribution in [1.82, 2.24) is 4.90 Å². The molecule has 3 nitrogen and oxygen atoms in total.